The highest BCUT2D eigenvalue weighted by Crippen LogP contribution is 2.37. The summed E-state index contributed by atoms with van der Waals surface area (Å²) in [7, 11) is 1.49. The third-order valence-corrected chi connectivity index (χ3v) is 2.46. The lowest BCUT2D eigenvalue weighted by atomic mass is 10.4. The summed E-state index contributed by atoms with van der Waals surface area (Å²) in [6, 6.07) is 0. The molecule has 0 radical (unpaired) electrons. The van der Waals surface area contributed by atoms with E-state index in [0.29, 0.717) is 11.7 Å². The first-order valence-electron chi connectivity index (χ1n) is 5.09. The lowest BCUT2D eigenvalue weighted by Crippen LogP contribution is -2.26. The minimum atomic E-state index is -0.968. The highest BCUT2D eigenvalue weighted by atomic mass is 19.1. The zero-order valence-electron chi connectivity index (χ0n) is 9.03. The molecular weight excluding hydrogens is 211 g/mol. The number of aromatic nitrogens is 3. The molecule has 1 aliphatic carbocycles. The fraction of sp³-hybridized carbons (Fsp3) is 0.500. The smallest absolute Gasteiger partial charge is 0.282 e. The summed E-state index contributed by atoms with van der Waals surface area (Å²) in [6.45, 7) is 3.17. The Bertz CT molecular complexity index is 424. The Kier molecular flexibility index (Phi) is 2.72. The highest BCUT2D eigenvalue weighted by Gasteiger charge is 2.28. The van der Waals surface area contributed by atoms with E-state index in [1.165, 1.54) is 11.9 Å². The van der Waals surface area contributed by atoms with Crippen LogP contribution in [0.15, 0.2) is 12.4 Å². The number of hydrogen-bond acceptors (Lipinski definition) is 3. The Labute approximate surface area is 92.4 Å². The minimum Gasteiger partial charge on any atom is -0.332 e. The molecule has 1 fully saturated rings. The molecule has 1 aromatic heterocycles. The van der Waals surface area contributed by atoms with E-state index in [0.717, 1.165) is 18.7 Å². The van der Waals surface area contributed by atoms with Crippen molar-refractivity contribution >= 4 is 5.91 Å². The van der Waals surface area contributed by atoms with Crippen LogP contribution in [0, 0.1) is 0 Å². The van der Waals surface area contributed by atoms with Crippen molar-refractivity contribution in [3.05, 3.63) is 24.1 Å². The van der Waals surface area contributed by atoms with Gasteiger partial charge in [0.25, 0.3) is 5.91 Å². The summed E-state index contributed by atoms with van der Waals surface area (Å²) in [5.41, 5.74) is 0. The number of aromatic amines is 1. The van der Waals surface area contributed by atoms with Crippen LogP contribution in [0.3, 0.4) is 0 Å². The molecule has 0 spiro atoms. The van der Waals surface area contributed by atoms with Crippen molar-refractivity contribution in [1.29, 1.82) is 0 Å². The van der Waals surface area contributed by atoms with Crippen LogP contribution in [0.25, 0.3) is 0 Å². The van der Waals surface area contributed by atoms with Gasteiger partial charge in [0.15, 0.2) is 11.7 Å². The Hall–Kier alpha value is -1.72. The fourth-order valence-electron chi connectivity index (χ4n) is 1.41. The topological polar surface area (TPSA) is 61.9 Å². The van der Waals surface area contributed by atoms with Gasteiger partial charge in [-0.25, -0.2) is 9.37 Å². The van der Waals surface area contributed by atoms with Crippen LogP contribution in [0.5, 0.6) is 0 Å². The van der Waals surface area contributed by atoms with Crippen molar-refractivity contribution in [2.45, 2.75) is 25.3 Å². The molecule has 1 aliphatic rings. The number of nitrogens with zero attached hydrogens (tertiary/aromatic N) is 3. The van der Waals surface area contributed by atoms with E-state index in [-0.39, 0.29) is 6.54 Å². The summed E-state index contributed by atoms with van der Waals surface area (Å²) >= 11 is 0. The van der Waals surface area contributed by atoms with Crippen LogP contribution in [-0.4, -0.2) is 33.0 Å². The molecule has 86 valence electrons. The van der Waals surface area contributed by atoms with Crippen molar-refractivity contribution in [1.82, 2.24) is 20.1 Å². The van der Waals surface area contributed by atoms with Crippen LogP contribution in [0.4, 0.5) is 4.39 Å². The van der Waals surface area contributed by atoms with Crippen LogP contribution in [-0.2, 0) is 11.3 Å². The average Bonchev–Trinajstić information content (AvgIpc) is 2.99. The molecule has 0 saturated heterocycles. The summed E-state index contributed by atoms with van der Waals surface area (Å²) in [4.78, 5) is 16.6. The van der Waals surface area contributed by atoms with Crippen molar-refractivity contribution in [3.8, 4) is 0 Å². The van der Waals surface area contributed by atoms with Crippen LogP contribution < -0.4 is 0 Å². The zero-order valence-corrected chi connectivity index (χ0v) is 9.03. The van der Waals surface area contributed by atoms with Gasteiger partial charge in [0.2, 0.25) is 0 Å². The van der Waals surface area contributed by atoms with Gasteiger partial charge in [-0.2, -0.15) is 5.10 Å². The Morgan fingerprint density at radius 3 is 2.94 bits per heavy atom. The van der Waals surface area contributed by atoms with Gasteiger partial charge in [0.1, 0.15) is 5.82 Å². The van der Waals surface area contributed by atoms with Gasteiger partial charge in [-0.15, -0.1) is 0 Å². The largest absolute Gasteiger partial charge is 0.332 e. The van der Waals surface area contributed by atoms with Gasteiger partial charge >= 0.3 is 0 Å². The third kappa shape index (κ3) is 2.26. The number of H-pyrrole nitrogens is 1. The molecule has 1 N–H and O–H groups in total. The predicted octanol–water partition coefficient (Wildman–Crippen LogP) is 1.12. The monoisotopic (exact) mass is 224 g/mol. The van der Waals surface area contributed by atoms with Crippen LogP contribution in [0.2, 0.25) is 0 Å². The molecule has 2 rings (SSSR count). The molecule has 1 heterocycles. The Balaban J connectivity index is 1.97. The SMILES string of the molecule is C=C(F)C(=O)N(C)Cc1nc(C2CC2)n[nH]1. The van der Waals surface area contributed by atoms with Crippen molar-refractivity contribution < 1.29 is 9.18 Å². The number of hydrogen-bond donors (Lipinski definition) is 1. The van der Waals surface area contributed by atoms with E-state index < -0.39 is 11.7 Å². The number of carbonyl (C=O) groups excluding carboxylic acids is 1. The van der Waals surface area contributed by atoms with Crippen molar-refractivity contribution in [2.24, 2.45) is 0 Å². The van der Waals surface area contributed by atoms with E-state index in [9.17, 15) is 9.18 Å². The number of rotatable bonds is 4. The molecule has 6 heteroatoms. The normalized spacial score (nSPS) is 14.9. The molecule has 0 bridgehead atoms. The second-order valence-corrected chi connectivity index (χ2v) is 3.98. The van der Waals surface area contributed by atoms with Crippen LogP contribution in [0.1, 0.15) is 30.4 Å². The van der Waals surface area contributed by atoms with Gasteiger partial charge in [0.05, 0.1) is 6.54 Å². The molecule has 5 nitrogen and oxygen atoms in total. The number of halogens is 1. The molecule has 0 aliphatic heterocycles. The lowest BCUT2D eigenvalue weighted by molar-refractivity contribution is -0.127. The third-order valence-electron chi connectivity index (χ3n) is 2.46. The summed E-state index contributed by atoms with van der Waals surface area (Å²) < 4.78 is 12.6. The lowest BCUT2D eigenvalue weighted by Gasteiger charge is -2.13. The molecule has 1 amide bonds. The Morgan fingerprint density at radius 1 is 1.69 bits per heavy atom. The maximum atomic E-state index is 12.6. The molecule has 0 atom stereocenters. The minimum absolute atomic E-state index is 0.210. The van der Waals surface area contributed by atoms with E-state index >= 15 is 0 Å². The van der Waals surface area contributed by atoms with Gasteiger partial charge in [-0.05, 0) is 12.8 Å². The standard InChI is InChI=1S/C10H13FN4O/c1-6(11)10(16)15(2)5-8-12-9(14-13-8)7-3-4-7/h7H,1,3-5H2,2H3,(H,12,13,14). The summed E-state index contributed by atoms with van der Waals surface area (Å²) in [6.07, 6.45) is 2.24. The van der Waals surface area contributed by atoms with Crippen LogP contribution >= 0.6 is 0 Å². The molecule has 0 aromatic carbocycles. The maximum absolute atomic E-state index is 12.6. The second-order valence-electron chi connectivity index (χ2n) is 3.98. The molecule has 1 aromatic rings. The zero-order chi connectivity index (χ0) is 11.7. The maximum Gasteiger partial charge on any atom is 0.282 e. The van der Waals surface area contributed by atoms with E-state index in [1.807, 2.05) is 0 Å². The average molecular weight is 224 g/mol. The number of carbonyl (C=O) groups is 1. The van der Waals surface area contributed by atoms with Crippen molar-refractivity contribution in [3.63, 3.8) is 0 Å². The fourth-order valence-corrected chi connectivity index (χ4v) is 1.41. The molecule has 16 heavy (non-hydrogen) atoms. The first-order chi connectivity index (χ1) is 7.58. The highest BCUT2D eigenvalue weighted by molar-refractivity contribution is 5.90. The summed E-state index contributed by atoms with van der Waals surface area (Å²) in [5.74, 6) is 0.116. The summed E-state index contributed by atoms with van der Waals surface area (Å²) in [5, 5.41) is 6.79. The molecule has 0 unspecified atom stereocenters. The number of likely N-dealkylation sites (N-methyl/N-ethyl adjacent to an activating group) is 1. The van der Waals surface area contributed by atoms with Crippen molar-refractivity contribution in [2.75, 3.05) is 7.05 Å². The quantitative estimate of drug-likeness (QED) is 0.780. The van der Waals surface area contributed by atoms with Gasteiger partial charge in [0, 0.05) is 13.0 Å². The van der Waals surface area contributed by atoms with Gasteiger partial charge < -0.3 is 4.90 Å². The Morgan fingerprint density at radius 2 is 2.38 bits per heavy atom. The van der Waals surface area contributed by atoms with Gasteiger partial charge in [-0.3, -0.25) is 9.89 Å². The first-order valence-corrected chi connectivity index (χ1v) is 5.09. The van der Waals surface area contributed by atoms with E-state index in [4.69, 9.17) is 0 Å². The van der Waals surface area contributed by atoms with E-state index in [1.54, 1.807) is 0 Å². The van der Waals surface area contributed by atoms with E-state index in [2.05, 4.69) is 21.8 Å². The van der Waals surface area contributed by atoms with Gasteiger partial charge in [-0.1, -0.05) is 6.58 Å². The molecular formula is C10H13FN4O. The number of amides is 1. The molecule has 1 saturated carbocycles. The predicted molar refractivity (Wildman–Crippen MR) is 55.1 cm³/mol. The first kappa shape index (κ1) is 10.8. The number of nitrogens with one attached hydrogen (secondary N) is 1. The second kappa shape index (κ2) is 4.03.